The highest BCUT2D eigenvalue weighted by molar-refractivity contribution is 7.80. The molecule has 0 radical (unpaired) electrons. The number of rotatable bonds is 6. The van der Waals surface area contributed by atoms with Gasteiger partial charge in [-0.2, -0.15) is 0 Å². The quantitative estimate of drug-likeness (QED) is 0.731. The highest BCUT2D eigenvalue weighted by atomic mass is 32.1. The Morgan fingerprint density at radius 2 is 2.04 bits per heavy atom. The molecule has 144 valence electrons. The van der Waals surface area contributed by atoms with Crippen LogP contribution in [-0.2, 0) is 11.3 Å². The van der Waals surface area contributed by atoms with E-state index in [0.29, 0.717) is 5.11 Å². The fourth-order valence-corrected chi connectivity index (χ4v) is 3.65. The van der Waals surface area contributed by atoms with E-state index in [0.717, 1.165) is 49.5 Å². The highest BCUT2D eigenvalue weighted by Gasteiger charge is 2.22. The second kappa shape index (κ2) is 9.20. The molecule has 27 heavy (non-hydrogen) atoms. The number of anilines is 1. The largest absolute Gasteiger partial charge is 0.495 e. The fourth-order valence-electron chi connectivity index (χ4n) is 3.40. The summed E-state index contributed by atoms with van der Waals surface area (Å²) in [6.45, 7) is 6.55. The van der Waals surface area contributed by atoms with E-state index in [4.69, 9.17) is 21.7 Å². The van der Waals surface area contributed by atoms with Gasteiger partial charge in [-0.15, -0.1) is 0 Å². The summed E-state index contributed by atoms with van der Waals surface area (Å²) in [5.41, 5.74) is 4.55. The molecule has 1 unspecified atom stereocenters. The number of nitrogens with zero attached hydrogens (tertiary/aromatic N) is 1. The molecule has 1 aliphatic rings. The second-order valence-corrected chi connectivity index (χ2v) is 7.53. The minimum Gasteiger partial charge on any atom is -0.495 e. The predicted molar refractivity (Wildman–Crippen MR) is 115 cm³/mol. The zero-order valence-electron chi connectivity index (χ0n) is 16.3. The van der Waals surface area contributed by atoms with Gasteiger partial charge in [-0.3, -0.25) is 0 Å². The highest BCUT2D eigenvalue weighted by Crippen LogP contribution is 2.26. The molecule has 0 spiro atoms. The Bertz CT molecular complexity index is 788. The minimum atomic E-state index is 0.231. The minimum absolute atomic E-state index is 0.231. The summed E-state index contributed by atoms with van der Waals surface area (Å²) >= 11 is 5.78. The third-order valence-corrected chi connectivity index (χ3v) is 5.15. The lowest BCUT2D eigenvalue weighted by atomic mass is 10.1. The Labute approximate surface area is 167 Å². The SMILES string of the molecule is COc1ccc(C)cc1NC(=S)N(Cc1cccc(C)c1)CC1CCCO1. The molecular formula is C22H28N2O2S. The maximum atomic E-state index is 5.86. The van der Waals surface area contributed by atoms with Gasteiger partial charge >= 0.3 is 0 Å². The molecule has 1 N–H and O–H groups in total. The van der Waals surface area contributed by atoms with E-state index in [1.807, 2.05) is 12.1 Å². The van der Waals surface area contributed by atoms with Crippen LogP contribution in [0.3, 0.4) is 0 Å². The lowest BCUT2D eigenvalue weighted by molar-refractivity contribution is 0.0905. The van der Waals surface area contributed by atoms with Crippen LogP contribution in [0.15, 0.2) is 42.5 Å². The van der Waals surface area contributed by atoms with Crippen LogP contribution in [0.5, 0.6) is 5.75 Å². The molecule has 1 atom stereocenters. The van der Waals surface area contributed by atoms with Gasteiger partial charge < -0.3 is 19.7 Å². The molecule has 0 aromatic heterocycles. The van der Waals surface area contributed by atoms with Crippen molar-refractivity contribution in [1.82, 2.24) is 4.90 Å². The zero-order chi connectivity index (χ0) is 19.2. The summed E-state index contributed by atoms with van der Waals surface area (Å²) in [7, 11) is 1.68. The number of nitrogens with one attached hydrogen (secondary N) is 1. The van der Waals surface area contributed by atoms with E-state index in [1.54, 1.807) is 7.11 Å². The Morgan fingerprint density at radius 1 is 1.22 bits per heavy atom. The topological polar surface area (TPSA) is 33.7 Å². The average Bonchev–Trinajstić information content (AvgIpc) is 3.14. The van der Waals surface area contributed by atoms with Crippen molar-refractivity contribution in [3.63, 3.8) is 0 Å². The van der Waals surface area contributed by atoms with E-state index in [2.05, 4.69) is 54.4 Å². The van der Waals surface area contributed by atoms with E-state index < -0.39 is 0 Å². The van der Waals surface area contributed by atoms with Crippen molar-refractivity contribution in [1.29, 1.82) is 0 Å². The second-order valence-electron chi connectivity index (χ2n) is 7.14. The molecule has 0 aliphatic carbocycles. The molecule has 4 nitrogen and oxygen atoms in total. The van der Waals surface area contributed by atoms with Crippen LogP contribution >= 0.6 is 12.2 Å². The Kier molecular flexibility index (Phi) is 6.69. The lowest BCUT2D eigenvalue weighted by Crippen LogP contribution is -2.39. The van der Waals surface area contributed by atoms with Crippen molar-refractivity contribution in [2.24, 2.45) is 0 Å². The summed E-state index contributed by atoms with van der Waals surface area (Å²) in [6.07, 6.45) is 2.43. The summed E-state index contributed by atoms with van der Waals surface area (Å²) < 4.78 is 11.3. The fraction of sp³-hybridized carbons (Fsp3) is 0.409. The standard InChI is InChI=1S/C22H28N2O2S/c1-16-6-4-7-18(12-16)14-24(15-19-8-5-11-26-19)22(27)23-20-13-17(2)9-10-21(20)25-3/h4,6-7,9-10,12-13,19H,5,8,11,14-15H2,1-3H3,(H,23,27). The van der Waals surface area contributed by atoms with E-state index in [-0.39, 0.29) is 6.10 Å². The number of hydrogen-bond acceptors (Lipinski definition) is 3. The van der Waals surface area contributed by atoms with Gasteiger partial charge in [0.1, 0.15) is 5.75 Å². The summed E-state index contributed by atoms with van der Waals surface area (Å²) in [5.74, 6) is 0.788. The molecule has 1 saturated heterocycles. The molecular weight excluding hydrogens is 356 g/mol. The maximum absolute atomic E-state index is 5.86. The van der Waals surface area contributed by atoms with Gasteiger partial charge in [0.25, 0.3) is 0 Å². The third-order valence-electron chi connectivity index (χ3n) is 4.79. The van der Waals surface area contributed by atoms with Crippen LogP contribution in [0.1, 0.15) is 29.5 Å². The molecule has 2 aromatic rings. The van der Waals surface area contributed by atoms with Gasteiger partial charge in [-0.1, -0.05) is 35.9 Å². The molecule has 3 rings (SSSR count). The normalized spacial score (nSPS) is 16.2. The van der Waals surface area contributed by atoms with Crippen LogP contribution in [-0.4, -0.2) is 36.4 Å². The van der Waals surface area contributed by atoms with Crippen LogP contribution in [0.2, 0.25) is 0 Å². The summed E-state index contributed by atoms with van der Waals surface area (Å²) in [4.78, 5) is 2.20. The first-order chi connectivity index (χ1) is 13.0. The summed E-state index contributed by atoms with van der Waals surface area (Å²) in [5, 5.41) is 4.08. The van der Waals surface area contributed by atoms with Crippen LogP contribution in [0.25, 0.3) is 0 Å². The molecule has 0 saturated carbocycles. The van der Waals surface area contributed by atoms with Gasteiger partial charge in [-0.05, 0) is 62.2 Å². The number of ether oxygens (including phenoxy) is 2. The van der Waals surface area contributed by atoms with Crippen molar-refractivity contribution in [2.75, 3.05) is 25.6 Å². The Morgan fingerprint density at radius 3 is 2.74 bits per heavy atom. The van der Waals surface area contributed by atoms with E-state index in [9.17, 15) is 0 Å². The van der Waals surface area contributed by atoms with Crippen LogP contribution < -0.4 is 10.1 Å². The molecule has 0 amide bonds. The first-order valence-corrected chi connectivity index (χ1v) is 9.83. The zero-order valence-corrected chi connectivity index (χ0v) is 17.1. The number of benzene rings is 2. The van der Waals surface area contributed by atoms with Gasteiger partial charge in [0.15, 0.2) is 5.11 Å². The number of methoxy groups -OCH3 is 1. The average molecular weight is 385 g/mol. The van der Waals surface area contributed by atoms with Crippen LogP contribution in [0.4, 0.5) is 5.69 Å². The van der Waals surface area contributed by atoms with Crippen molar-refractivity contribution in [3.05, 3.63) is 59.2 Å². The Balaban J connectivity index is 1.78. The Hall–Kier alpha value is -2.11. The summed E-state index contributed by atoms with van der Waals surface area (Å²) in [6, 6.07) is 14.6. The monoisotopic (exact) mass is 384 g/mol. The van der Waals surface area contributed by atoms with E-state index >= 15 is 0 Å². The number of hydrogen-bond donors (Lipinski definition) is 1. The lowest BCUT2D eigenvalue weighted by Gasteiger charge is -2.29. The van der Waals surface area contributed by atoms with Gasteiger partial charge in [0.05, 0.1) is 18.9 Å². The molecule has 0 bridgehead atoms. The molecule has 1 heterocycles. The van der Waals surface area contributed by atoms with Crippen molar-refractivity contribution < 1.29 is 9.47 Å². The van der Waals surface area contributed by atoms with Gasteiger partial charge in [0.2, 0.25) is 0 Å². The van der Waals surface area contributed by atoms with E-state index in [1.165, 1.54) is 11.1 Å². The molecule has 5 heteroatoms. The van der Waals surface area contributed by atoms with Gasteiger partial charge in [0, 0.05) is 19.7 Å². The van der Waals surface area contributed by atoms with Crippen LogP contribution in [0, 0.1) is 13.8 Å². The number of thiocarbonyl (C=S) groups is 1. The maximum Gasteiger partial charge on any atom is 0.173 e. The molecule has 2 aromatic carbocycles. The van der Waals surface area contributed by atoms with Gasteiger partial charge in [-0.25, -0.2) is 0 Å². The number of aryl methyl sites for hydroxylation is 2. The van der Waals surface area contributed by atoms with Crippen molar-refractivity contribution in [3.8, 4) is 5.75 Å². The first kappa shape index (κ1) is 19.6. The smallest absolute Gasteiger partial charge is 0.173 e. The van der Waals surface area contributed by atoms with Crippen molar-refractivity contribution in [2.45, 2.75) is 39.3 Å². The molecule has 1 fully saturated rings. The third kappa shape index (κ3) is 5.44. The van der Waals surface area contributed by atoms with Crippen molar-refractivity contribution >= 4 is 23.0 Å². The molecule has 1 aliphatic heterocycles. The first-order valence-electron chi connectivity index (χ1n) is 9.43. The predicted octanol–water partition coefficient (Wildman–Crippen LogP) is 4.69.